The van der Waals surface area contributed by atoms with Gasteiger partial charge in [-0.2, -0.15) is 0 Å². The van der Waals surface area contributed by atoms with Crippen molar-refractivity contribution in [3.8, 4) is 5.75 Å². The Morgan fingerprint density at radius 1 is 1.08 bits per heavy atom. The van der Waals surface area contributed by atoms with Crippen molar-refractivity contribution in [1.82, 2.24) is 4.90 Å². The van der Waals surface area contributed by atoms with Crippen LogP contribution in [0.5, 0.6) is 5.75 Å². The van der Waals surface area contributed by atoms with Crippen LogP contribution < -0.4 is 15.0 Å². The van der Waals surface area contributed by atoms with Crippen LogP contribution in [0.2, 0.25) is 0 Å². The quantitative estimate of drug-likeness (QED) is 0.802. The molecule has 2 aromatic rings. The number of nitrogens with one attached hydrogen (secondary N) is 1. The summed E-state index contributed by atoms with van der Waals surface area (Å²) in [6, 6.07) is 15.9. The minimum atomic E-state index is -0.0491. The molecule has 6 heteroatoms. The zero-order valence-corrected chi connectivity index (χ0v) is 16.1. The molecule has 0 unspecified atom stereocenters. The molecule has 0 aromatic heterocycles. The predicted octanol–water partition coefficient (Wildman–Crippen LogP) is 4.16. The van der Waals surface area contributed by atoms with Gasteiger partial charge in [0.2, 0.25) is 0 Å². The SMILES string of the molecule is CCOc1ccc(NC(=O)N2CCN(c3ccccc3SC)CC2)cc1. The van der Waals surface area contributed by atoms with E-state index in [0.29, 0.717) is 19.7 Å². The maximum atomic E-state index is 12.5. The summed E-state index contributed by atoms with van der Waals surface area (Å²) in [5.41, 5.74) is 2.04. The van der Waals surface area contributed by atoms with Crippen molar-refractivity contribution < 1.29 is 9.53 Å². The Hall–Kier alpha value is -2.34. The summed E-state index contributed by atoms with van der Waals surface area (Å²) in [5.74, 6) is 0.812. The van der Waals surface area contributed by atoms with E-state index >= 15 is 0 Å². The van der Waals surface area contributed by atoms with Gasteiger partial charge in [-0.05, 0) is 49.6 Å². The molecule has 2 aromatic carbocycles. The number of rotatable bonds is 5. The van der Waals surface area contributed by atoms with Crippen molar-refractivity contribution in [3.63, 3.8) is 0 Å². The third kappa shape index (κ3) is 4.43. The predicted molar refractivity (Wildman–Crippen MR) is 109 cm³/mol. The lowest BCUT2D eigenvalue weighted by Gasteiger charge is -2.36. The summed E-state index contributed by atoms with van der Waals surface area (Å²) < 4.78 is 5.42. The zero-order chi connectivity index (χ0) is 18.4. The topological polar surface area (TPSA) is 44.8 Å². The molecule has 0 radical (unpaired) electrons. The van der Waals surface area contributed by atoms with Gasteiger partial charge in [0, 0.05) is 36.8 Å². The molecule has 3 rings (SSSR count). The van der Waals surface area contributed by atoms with Gasteiger partial charge < -0.3 is 19.9 Å². The van der Waals surface area contributed by atoms with Crippen molar-refractivity contribution >= 4 is 29.2 Å². The van der Waals surface area contributed by atoms with Crippen molar-refractivity contribution in [2.75, 3.05) is 49.3 Å². The maximum absolute atomic E-state index is 12.5. The number of piperazine rings is 1. The van der Waals surface area contributed by atoms with Gasteiger partial charge in [0.15, 0.2) is 0 Å². The minimum Gasteiger partial charge on any atom is -0.494 e. The number of carbonyl (C=O) groups excluding carboxylic acids is 1. The first kappa shape index (κ1) is 18.5. The van der Waals surface area contributed by atoms with E-state index < -0.39 is 0 Å². The summed E-state index contributed by atoms with van der Waals surface area (Å²) in [7, 11) is 0. The highest BCUT2D eigenvalue weighted by Crippen LogP contribution is 2.29. The van der Waals surface area contributed by atoms with Crippen LogP contribution in [0.3, 0.4) is 0 Å². The number of para-hydroxylation sites is 1. The fourth-order valence-corrected chi connectivity index (χ4v) is 3.67. The number of thioether (sulfide) groups is 1. The molecule has 2 amide bonds. The van der Waals surface area contributed by atoms with Crippen molar-refractivity contribution in [3.05, 3.63) is 48.5 Å². The summed E-state index contributed by atoms with van der Waals surface area (Å²) in [6.07, 6.45) is 2.10. The number of urea groups is 1. The highest BCUT2D eigenvalue weighted by atomic mass is 32.2. The van der Waals surface area contributed by atoms with Gasteiger partial charge in [0.05, 0.1) is 12.3 Å². The molecule has 26 heavy (non-hydrogen) atoms. The van der Waals surface area contributed by atoms with Crippen molar-refractivity contribution in [2.24, 2.45) is 0 Å². The van der Waals surface area contributed by atoms with Gasteiger partial charge >= 0.3 is 6.03 Å². The van der Waals surface area contributed by atoms with E-state index in [1.54, 1.807) is 11.8 Å². The molecule has 138 valence electrons. The van der Waals surface area contributed by atoms with Gasteiger partial charge in [-0.1, -0.05) is 12.1 Å². The molecule has 1 heterocycles. The normalized spacial score (nSPS) is 14.2. The summed E-state index contributed by atoms with van der Waals surface area (Å²) >= 11 is 1.76. The number of benzene rings is 2. The number of nitrogens with zero attached hydrogens (tertiary/aromatic N) is 2. The number of hydrogen-bond acceptors (Lipinski definition) is 4. The molecule has 0 aliphatic carbocycles. The van der Waals surface area contributed by atoms with Crippen LogP contribution in [0, 0.1) is 0 Å². The van der Waals surface area contributed by atoms with E-state index in [1.165, 1.54) is 10.6 Å². The van der Waals surface area contributed by atoms with E-state index in [1.807, 2.05) is 36.1 Å². The lowest BCUT2D eigenvalue weighted by atomic mass is 10.2. The molecular weight excluding hydrogens is 346 g/mol. The maximum Gasteiger partial charge on any atom is 0.321 e. The van der Waals surface area contributed by atoms with E-state index in [2.05, 4.69) is 40.7 Å². The van der Waals surface area contributed by atoms with E-state index in [4.69, 9.17) is 4.74 Å². The smallest absolute Gasteiger partial charge is 0.321 e. The summed E-state index contributed by atoms with van der Waals surface area (Å²) in [6.45, 7) is 5.70. The van der Waals surface area contributed by atoms with Crippen LogP contribution in [0.25, 0.3) is 0 Å². The highest BCUT2D eigenvalue weighted by Gasteiger charge is 2.22. The standard InChI is InChI=1S/C20H25N3O2S/c1-3-25-17-10-8-16(9-11-17)21-20(24)23-14-12-22(13-15-23)18-6-4-5-7-19(18)26-2/h4-11H,3,12-15H2,1-2H3,(H,21,24). The van der Waals surface area contributed by atoms with E-state index in [9.17, 15) is 4.79 Å². The van der Waals surface area contributed by atoms with E-state index in [0.717, 1.165) is 24.5 Å². The number of anilines is 2. The molecular formula is C20H25N3O2S. The summed E-state index contributed by atoms with van der Waals surface area (Å²) in [4.78, 5) is 18.0. The molecule has 1 N–H and O–H groups in total. The Labute approximate surface area is 159 Å². The van der Waals surface area contributed by atoms with Gasteiger partial charge in [0.1, 0.15) is 5.75 Å². The average molecular weight is 372 g/mol. The largest absolute Gasteiger partial charge is 0.494 e. The first-order chi connectivity index (χ1) is 12.7. The van der Waals surface area contributed by atoms with Crippen LogP contribution in [0.1, 0.15) is 6.92 Å². The third-order valence-electron chi connectivity index (χ3n) is 4.41. The number of hydrogen-bond donors (Lipinski definition) is 1. The van der Waals surface area contributed by atoms with Crippen molar-refractivity contribution in [1.29, 1.82) is 0 Å². The van der Waals surface area contributed by atoms with Gasteiger partial charge in [-0.15, -0.1) is 11.8 Å². The Balaban J connectivity index is 1.55. The molecule has 1 saturated heterocycles. The average Bonchev–Trinajstić information content (AvgIpc) is 2.70. The Bertz CT molecular complexity index is 728. The van der Waals surface area contributed by atoms with Crippen molar-refractivity contribution in [2.45, 2.75) is 11.8 Å². The highest BCUT2D eigenvalue weighted by molar-refractivity contribution is 7.98. The van der Waals surface area contributed by atoms with Crippen LogP contribution in [-0.2, 0) is 0 Å². The van der Waals surface area contributed by atoms with Crippen LogP contribution in [0.4, 0.5) is 16.2 Å². The second-order valence-electron chi connectivity index (χ2n) is 6.03. The Kier molecular flexibility index (Phi) is 6.28. The Morgan fingerprint density at radius 2 is 1.77 bits per heavy atom. The molecule has 0 atom stereocenters. The second-order valence-corrected chi connectivity index (χ2v) is 6.88. The molecule has 1 fully saturated rings. The van der Waals surface area contributed by atoms with Crippen LogP contribution in [-0.4, -0.2) is 50.0 Å². The zero-order valence-electron chi connectivity index (χ0n) is 15.3. The molecule has 1 aliphatic heterocycles. The molecule has 0 saturated carbocycles. The first-order valence-electron chi connectivity index (χ1n) is 8.88. The number of ether oxygens (including phenoxy) is 1. The number of carbonyl (C=O) groups is 1. The minimum absolute atomic E-state index is 0.0491. The van der Waals surface area contributed by atoms with Gasteiger partial charge in [-0.25, -0.2) is 4.79 Å². The van der Waals surface area contributed by atoms with Crippen LogP contribution in [0.15, 0.2) is 53.4 Å². The fraction of sp³-hybridized carbons (Fsp3) is 0.350. The molecule has 5 nitrogen and oxygen atoms in total. The summed E-state index contributed by atoms with van der Waals surface area (Å²) in [5, 5.41) is 2.97. The third-order valence-corrected chi connectivity index (χ3v) is 5.19. The first-order valence-corrected chi connectivity index (χ1v) is 10.1. The fourth-order valence-electron chi connectivity index (χ4n) is 3.05. The van der Waals surface area contributed by atoms with Crippen LogP contribution >= 0.6 is 11.8 Å². The Morgan fingerprint density at radius 3 is 2.42 bits per heavy atom. The number of amides is 2. The van der Waals surface area contributed by atoms with E-state index in [-0.39, 0.29) is 6.03 Å². The second kappa shape index (κ2) is 8.85. The molecule has 1 aliphatic rings. The van der Waals surface area contributed by atoms with Gasteiger partial charge in [-0.3, -0.25) is 0 Å². The lowest BCUT2D eigenvalue weighted by Crippen LogP contribution is -2.50. The van der Waals surface area contributed by atoms with Gasteiger partial charge in [0.25, 0.3) is 0 Å². The lowest BCUT2D eigenvalue weighted by molar-refractivity contribution is 0.208. The molecule has 0 spiro atoms. The monoisotopic (exact) mass is 371 g/mol. The molecule has 0 bridgehead atoms.